The second kappa shape index (κ2) is 9.09. The van der Waals surface area contributed by atoms with Crippen LogP contribution in [0.2, 0.25) is 0 Å². The average molecular weight is 404 g/mol. The number of hydrazone groups is 1. The lowest BCUT2D eigenvalue weighted by atomic mass is 10.2. The Bertz CT molecular complexity index is 1120. The maximum absolute atomic E-state index is 12.1. The van der Waals surface area contributed by atoms with Gasteiger partial charge in [0, 0.05) is 28.3 Å². The Morgan fingerprint density at radius 3 is 2.53 bits per heavy atom. The summed E-state index contributed by atoms with van der Waals surface area (Å²) in [5.74, 6) is -0.384. The summed E-state index contributed by atoms with van der Waals surface area (Å²) >= 11 is 0. The first-order valence-corrected chi connectivity index (χ1v) is 9.44. The molecule has 0 atom stereocenters. The normalized spacial score (nSPS) is 10.8. The van der Waals surface area contributed by atoms with Crippen LogP contribution in [0.4, 0.5) is 10.5 Å². The van der Waals surface area contributed by atoms with Gasteiger partial charge in [-0.1, -0.05) is 24.3 Å². The molecule has 0 radical (unpaired) electrons. The lowest BCUT2D eigenvalue weighted by molar-refractivity contribution is 0.0600. The van der Waals surface area contributed by atoms with Gasteiger partial charge in [-0.05, 0) is 56.7 Å². The van der Waals surface area contributed by atoms with Gasteiger partial charge < -0.3 is 14.6 Å². The number of nitrogens with zero attached hydrogens (tertiary/aromatic N) is 2. The van der Waals surface area contributed by atoms with E-state index >= 15 is 0 Å². The molecule has 7 heteroatoms. The van der Waals surface area contributed by atoms with Gasteiger partial charge in [-0.15, -0.1) is 0 Å². The fraction of sp³-hybridized carbons (Fsp3) is 0.174. The number of benzene rings is 2. The van der Waals surface area contributed by atoms with Crippen LogP contribution in [-0.2, 0) is 4.74 Å². The first-order valence-electron chi connectivity index (χ1n) is 9.44. The Hall–Kier alpha value is -3.87. The summed E-state index contributed by atoms with van der Waals surface area (Å²) in [5, 5.41) is 6.82. The summed E-state index contributed by atoms with van der Waals surface area (Å²) in [4.78, 5) is 23.9. The number of amides is 2. The van der Waals surface area contributed by atoms with E-state index in [9.17, 15) is 9.59 Å². The SMILES string of the molecule is COC(=O)c1cccc(-n2c(C)cc(C=NNC(=O)Nc3ccccc3C)c2C)c1. The topological polar surface area (TPSA) is 84.7 Å². The second-order valence-electron chi connectivity index (χ2n) is 6.84. The molecule has 30 heavy (non-hydrogen) atoms. The van der Waals surface area contributed by atoms with Gasteiger partial charge in [0.05, 0.1) is 18.9 Å². The summed E-state index contributed by atoms with van der Waals surface area (Å²) in [7, 11) is 1.36. The zero-order chi connectivity index (χ0) is 21.7. The number of carbonyl (C=O) groups is 2. The number of carbonyl (C=O) groups excluding carboxylic acids is 2. The number of ether oxygens (including phenoxy) is 1. The van der Waals surface area contributed by atoms with E-state index in [2.05, 4.69) is 15.8 Å². The minimum absolute atomic E-state index is 0.384. The zero-order valence-electron chi connectivity index (χ0n) is 17.4. The molecule has 0 spiro atoms. The van der Waals surface area contributed by atoms with Crippen molar-refractivity contribution in [1.29, 1.82) is 0 Å². The molecule has 1 heterocycles. The molecule has 0 fully saturated rings. The van der Waals surface area contributed by atoms with Gasteiger partial charge >= 0.3 is 12.0 Å². The van der Waals surface area contributed by atoms with E-state index in [1.54, 1.807) is 18.3 Å². The number of hydrogen-bond acceptors (Lipinski definition) is 4. The van der Waals surface area contributed by atoms with Crippen LogP contribution in [0, 0.1) is 20.8 Å². The summed E-state index contributed by atoms with van der Waals surface area (Å²) in [6.45, 7) is 5.84. The molecular formula is C23H24N4O3. The summed E-state index contributed by atoms with van der Waals surface area (Å²) in [6, 6.07) is 16.3. The average Bonchev–Trinajstić information content (AvgIpc) is 3.02. The van der Waals surface area contributed by atoms with Crippen molar-refractivity contribution < 1.29 is 14.3 Å². The van der Waals surface area contributed by atoms with E-state index < -0.39 is 6.03 Å². The van der Waals surface area contributed by atoms with Crippen LogP contribution in [0.1, 0.15) is 32.9 Å². The molecule has 0 aliphatic rings. The van der Waals surface area contributed by atoms with E-state index in [4.69, 9.17) is 4.74 Å². The molecule has 2 aromatic carbocycles. The quantitative estimate of drug-likeness (QED) is 0.377. The highest BCUT2D eigenvalue weighted by Crippen LogP contribution is 2.21. The molecule has 0 aliphatic carbocycles. The molecule has 7 nitrogen and oxygen atoms in total. The van der Waals surface area contributed by atoms with Crippen LogP contribution in [0.15, 0.2) is 59.7 Å². The number of aromatic nitrogens is 1. The zero-order valence-corrected chi connectivity index (χ0v) is 17.4. The Morgan fingerprint density at radius 1 is 1.03 bits per heavy atom. The Morgan fingerprint density at radius 2 is 1.80 bits per heavy atom. The Kier molecular flexibility index (Phi) is 6.32. The van der Waals surface area contributed by atoms with Crippen molar-refractivity contribution in [2.75, 3.05) is 12.4 Å². The number of nitrogens with one attached hydrogen (secondary N) is 2. The highest BCUT2D eigenvalue weighted by molar-refractivity contribution is 5.91. The minimum atomic E-state index is -0.417. The summed E-state index contributed by atoms with van der Waals surface area (Å²) in [6.07, 6.45) is 1.60. The number of anilines is 1. The number of esters is 1. The molecule has 3 aromatic rings. The third-order valence-electron chi connectivity index (χ3n) is 4.76. The van der Waals surface area contributed by atoms with E-state index in [0.717, 1.165) is 33.9 Å². The maximum atomic E-state index is 12.1. The number of aryl methyl sites for hydroxylation is 2. The van der Waals surface area contributed by atoms with Gasteiger partial charge in [-0.3, -0.25) is 0 Å². The van der Waals surface area contributed by atoms with E-state index in [-0.39, 0.29) is 5.97 Å². The highest BCUT2D eigenvalue weighted by atomic mass is 16.5. The fourth-order valence-electron chi connectivity index (χ4n) is 3.23. The monoisotopic (exact) mass is 404 g/mol. The molecule has 0 saturated carbocycles. The molecule has 1 aromatic heterocycles. The molecule has 2 amide bonds. The minimum Gasteiger partial charge on any atom is -0.465 e. The van der Waals surface area contributed by atoms with Gasteiger partial charge in [0.2, 0.25) is 0 Å². The number of methoxy groups -OCH3 is 1. The van der Waals surface area contributed by atoms with Crippen LogP contribution in [-0.4, -0.2) is 29.9 Å². The second-order valence-corrected chi connectivity index (χ2v) is 6.84. The lowest BCUT2D eigenvalue weighted by Gasteiger charge is -2.11. The van der Waals surface area contributed by atoms with Crippen molar-refractivity contribution in [2.24, 2.45) is 5.10 Å². The third kappa shape index (κ3) is 4.57. The van der Waals surface area contributed by atoms with Gasteiger partial charge in [0.25, 0.3) is 0 Å². The third-order valence-corrected chi connectivity index (χ3v) is 4.76. The maximum Gasteiger partial charge on any atom is 0.339 e. The van der Waals surface area contributed by atoms with Crippen molar-refractivity contribution >= 4 is 23.9 Å². The predicted molar refractivity (Wildman–Crippen MR) is 118 cm³/mol. The molecule has 154 valence electrons. The smallest absolute Gasteiger partial charge is 0.339 e. The van der Waals surface area contributed by atoms with E-state index in [0.29, 0.717) is 5.56 Å². The molecule has 0 unspecified atom stereocenters. The highest BCUT2D eigenvalue weighted by Gasteiger charge is 2.12. The van der Waals surface area contributed by atoms with Crippen LogP contribution in [0.3, 0.4) is 0 Å². The number of para-hydroxylation sites is 1. The Balaban J connectivity index is 1.75. The van der Waals surface area contributed by atoms with E-state index in [1.165, 1.54) is 7.11 Å². The lowest BCUT2D eigenvalue weighted by Crippen LogP contribution is -2.24. The molecule has 0 bridgehead atoms. The van der Waals surface area contributed by atoms with Gasteiger partial charge in [-0.25, -0.2) is 15.0 Å². The number of hydrogen-bond donors (Lipinski definition) is 2. The fourth-order valence-corrected chi connectivity index (χ4v) is 3.23. The van der Waals surface area contributed by atoms with Crippen LogP contribution in [0.5, 0.6) is 0 Å². The van der Waals surface area contributed by atoms with Gasteiger partial charge in [0.15, 0.2) is 0 Å². The van der Waals surface area contributed by atoms with Crippen molar-refractivity contribution in [2.45, 2.75) is 20.8 Å². The number of urea groups is 1. The molecule has 0 saturated heterocycles. The standard InChI is InChI=1S/C23H24N4O3/c1-15-8-5-6-11-21(15)25-23(29)26-24-14-19-12-16(2)27(17(19)3)20-10-7-9-18(13-20)22(28)30-4/h5-14H,1-4H3,(H2,25,26,29). The van der Waals surface area contributed by atoms with Gasteiger partial charge in [-0.2, -0.15) is 5.10 Å². The van der Waals surface area contributed by atoms with Crippen molar-refractivity contribution in [1.82, 2.24) is 9.99 Å². The largest absolute Gasteiger partial charge is 0.465 e. The van der Waals surface area contributed by atoms with Crippen LogP contribution >= 0.6 is 0 Å². The molecule has 2 N–H and O–H groups in total. The van der Waals surface area contributed by atoms with Crippen LogP contribution in [0.25, 0.3) is 5.69 Å². The van der Waals surface area contributed by atoms with Gasteiger partial charge in [0.1, 0.15) is 0 Å². The van der Waals surface area contributed by atoms with Crippen molar-refractivity contribution in [3.63, 3.8) is 0 Å². The molecule has 0 aliphatic heterocycles. The molecule has 3 rings (SSSR count). The van der Waals surface area contributed by atoms with E-state index in [1.807, 2.05) is 67.8 Å². The molecular weight excluding hydrogens is 380 g/mol. The van der Waals surface area contributed by atoms with Crippen molar-refractivity contribution in [3.8, 4) is 5.69 Å². The first kappa shape index (κ1) is 20.9. The first-order chi connectivity index (χ1) is 14.4. The summed E-state index contributed by atoms with van der Waals surface area (Å²) < 4.78 is 6.82. The van der Waals surface area contributed by atoms with Crippen LogP contribution < -0.4 is 10.7 Å². The van der Waals surface area contributed by atoms with Crippen molar-refractivity contribution in [3.05, 3.63) is 82.7 Å². The number of rotatable bonds is 5. The predicted octanol–water partition coefficient (Wildman–Crippen LogP) is 4.34. The Labute approximate surface area is 175 Å². The summed E-state index contributed by atoms with van der Waals surface area (Å²) in [5.41, 5.74) is 8.26.